The lowest BCUT2D eigenvalue weighted by Crippen LogP contribution is -2.32. The summed E-state index contributed by atoms with van der Waals surface area (Å²) in [5, 5.41) is 14.8. The molecule has 0 bridgehead atoms. The fraction of sp³-hybridized carbons (Fsp3) is 0.176. The van der Waals surface area contributed by atoms with Crippen molar-refractivity contribution in [3.8, 4) is 6.07 Å². The molecule has 3 N–H and O–H groups in total. The second kappa shape index (κ2) is 7.68. The van der Waals surface area contributed by atoms with E-state index in [4.69, 9.17) is 5.26 Å². The Kier molecular flexibility index (Phi) is 5.62. The van der Waals surface area contributed by atoms with Gasteiger partial charge in [-0.2, -0.15) is 5.26 Å². The Morgan fingerprint density at radius 3 is 2.28 bits per heavy atom. The van der Waals surface area contributed by atoms with E-state index in [9.17, 15) is 13.2 Å². The van der Waals surface area contributed by atoms with Crippen molar-refractivity contribution in [1.82, 2.24) is 0 Å². The van der Waals surface area contributed by atoms with Gasteiger partial charge in [-0.25, -0.2) is 8.42 Å². The summed E-state index contributed by atoms with van der Waals surface area (Å²) >= 11 is 0. The third-order valence-corrected chi connectivity index (χ3v) is 3.88. The number of benzene rings is 2. The van der Waals surface area contributed by atoms with Crippen LogP contribution in [0, 0.1) is 11.3 Å². The number of para-hydroxylation sites is 1. The molecule has 0 heterocycles. The molecule has 0 unspecified atom stereocenters. The average molecular weight is 358 g/mol. The van der Waals surface area contributed by atoms with Gasteiger partial charge in [-0.05, 0) is 43.3 Å². The van der Waals surface area contributed by atoms with Crippen molar-refractivity contribution in [1.29, 1.82) is 5.26 Å². The highest BCUT2D eigenvalue weighted by atomic mass is 32.2. The number of anilines is 3. The summed E-state index contributed by atoms with van der Waals surface area (Å²) in [5.41, 5.74) is 1.94. The SMILES string of the molecule is C[C@H](Nc1ccc(NS(C)(=O)=O)cc1)C(=O)Nc1ccccc1C#N. The Balaban J connectivity index is 2.00. The van der Waals surface area contributed by atoms with E-state index < -0.39 is 16.1 Å². The Morgan fingerprint density at radius 2 is 1.68 bits per heavy atom. The molecule has 2 aromatic carbocycles. The lowest BCUT2D eigenvalue weighted by molar-refractivity contribution is -0.116. The van der Waals surface area contributed by atoms with Gasteiger partial charge in [-0.3, -0.25) is 9.52 Å². The van der Waals surface area contributed by atoms with Crippen LogP contribution in [0.25, 0.3) is 0 Å². The van der Waals surface area contributed by atoms with E-state index in [0.717, 1.165) is 6.26 Å². The largest absolute Gasteiger partial charge is 0.374 e. The highest BCUT2D eigenvalue weighted by molar-refractivity contribution is 7.92. The Hall–Kier alpha value is -3.05. The van der Waals surface area contributed by atoms with Crippen LogP contribution in [-0.4, -0.2) is 26.6 Å². The number of nitrogens with one attached hydrogen (secondary N) is 3. The van der Waals surface area contributed by atoms with E-state index in [1.54, 1.807) is 55.5 Å². The first-order valence-electron chi connectivity index (χ1n) is 7.43. The van der Waals surface area contributed by atoms with Crippen LogP contribution in [0.3, 0.4) is 0 Å². The van der Waals surface area contributed by atoms with Gasteiger partial charge in [0.15, 0.2) is 0 Å². The molecule has 7 nitrogen and oxygen atoms in total. The quantitative estimate of drug-likeness (QED) is 0.734. The number of nitrogens with zero attached hydrogens (tertiary/aromatic N) is 1. The first-order chi connectivity index (χ1) is 11.8. The minimum Gasteiger partial charge on any atom is -0.374 e. The molecule has 0 aliphatic rings. The number of hydrogen-bond donors (Lipinski definition) is 3. The maximum absolute atomic E-state index is 12.3. The summed E-state index contributed by atoms with van der Waals surface area (Å²) < 4.78 is 24.7. The summed E-state index contributed by atoms with van der Waals surface area (Å²) in [6.45, 7) is 1.69. The van der Waals surface area contributed by atoms with Gasteiger partial charge in [0, 0.05) is 11.4 Å². The Labute approximate surface area is 146 Å². The highest BCUT2D eigenvalue weighted by Crippen LogP contribution is 2.17. The van der Waals surface area contributed by atoms with Gasteiger partial charge in [0.2, 0.25) is 15.9 Å². The topological polar surface area (TPSA) is 111 Å². The number of nitriles is 1. The van der Waals surface area contributed by atoms with Crippen LogP contribution < -0.4 is 15.4 Å². The minimum absolute atomic E-state index is 0.291. The van der Waals surface area contributed by atoms with E-state index >= 15 is 0 Å². The molecule has 0 aliphatic carbocycles. The zero-order valence-corrected chi connectivity index (χ0v) is 14.6. The lowest BCUT2D eigenvalue weighted by atomic mass is 10.2. The van der Waals surface area contributed by atoms with Crippen molar-refractivity contribution in [3.63, 3.8) is 0 Å². The average Bonchev–Trinajstić information content (AvgIpc) is 2.55. The van der Waals surface area contributed by atoms with E-state index in [-0.39, 0.29) is 5.91 Å². The number of sulfonamides is 1. The van der Waals surface area contributed by atoms with Crippen LogP contribution in [0.15, 0.2) is 48.5 Å². The maximum Gasteiger partial charge on any atom is 0.246 e. The number of rotatable bonds is 6. The van der Waals surface area contributed by atoms with Gasteiger partial charge >= 0.3 is 0 Å². The molecular weight excluding hydrogens is 340 g/mol. The zero-order valence-electron chi connectivity index (χ0n) is 13.8. The number of carbonyl (C=O) groups is 1. The van der Waals surface area contributed by atoms with Crippen molar-refractivity contribution >= 4 is 33.0 Å². The molecule has 0 fully saturated rings. The molecule has 0 aromatic heterocycles. The number of amides is 1. The van der Waals surface area contributed by atoms with Crippen molar-refractivity contribution in [2.24, 2.45) is 0 Å². The summed E-state index contributed by atoms with van der Waals surface area (Å²) in [7, 11) is -3.33. The normalized spacial score (nSPS) is 11.9. The first-order valence-corrected chi connectivity index (χ1v) is 9.32. The summed E-state index contributed by atoms with van der Waals surface area (Å²) in [6.07, 6.45) is 1.07. The molecule has 0 saturated heterocycles. The predicted molar refractivity (Wildman–Crippen MR) is 97.8 cm³/mol. The monoisotopic (exact) mass is 358 g/mol. The molecular formula is C17H18N4O3S. The van der Waals surface area contributed by atoms with Crippen molar-refractivity contribution in [3.05, 3.63) is 54.1 Å². The summed E-state index contributed by atoms with van der Waals surface area (Å²) in [5.74, 6) is -0.291. The zero-order chi connectivity index (χ0) is 18.4. The smallest absolute Gasteiger partial charge is 0.246 e. The van der Waals surface area contributed by atoms with Crippen molar-refractivity contribution in [2.45, 2.75) is 13.0 Å². The number of carbonyl (C=O) groups excluding carboxylic acids is 1. The standard InChI is InChI=1S/C17H18N4O3S/c1-12(17(22)20-16-6-4-3-5-13(16)11-18)19-14-7-9-15(10-8-14)21-25(2,23)24/h3-10,12,19,21H,1-2H3,(H,20,22)/t12-/m0/s1. The molecule has 2 aromatic rings. The van der Waals surface area contributed by atoms with Crippen molar-refractivity contribution in [2.75, 3.05) is 21.6 Å². The highest BCUT2D eigenvalue weighted by Gasteiger charge is 2.14. The fourth-order valence-corrected chi connectivity index (χ4v) is 2.66. The van der Waals surface area contributed by atoms with E-state index in [1.807, 2.05) is 6.07 Å². The van der Waals surface area contributed by atoms with E-state index in [2.05, 4.69) is 15.4 Å². The molecule has 2 rings (SSSR count). The molecule has 25 heavy (non-hydrogen) atoms. The number of hydrogen-bond acceptors (Lipinski definition) is 5. The molecule has 0 aliphatic heterocycles. The van der Waals surface area contributed by atoms with Crippen LogP contribution in [0.1, 0.15) is 12.5 Å². The van der Waals surface area contributed by atoms with Crippen LogP contribution in [-0.2, 0) is 14.8 Å². The first kappa shape index (κ1) is 18.3. The van der Waals surface area contributed by atoms with Crippen LogP contribution >= 0.6 is 0 Å². The van der Waals surface area contributed by atoms with E-state index in [1.165, 1.54) is 0 Å². The van der Waals surface area contributed by atoms with Crippen LogP contribution in [0.5, 0.6) is 0 Å². The second-order valence-corrected chi connectivity index (χ2v) is 7.21. The van der Waals surface area contributed by atoms with Gasteiger partial charge in [0.1, 0.15) is 12.1 Å². The molecule has 0 spiro atoms. The molecule has 8 heteroatoms. The minimum atomic E-state index is -3.33. The molecule has 130 valence electrons. The summed E-state index contributed by atoms with van der Waals surface area (Å²) in [6, 6.07) is 14.7. The Bertz CT molecular complexity index is 902. The molecule has 1 amide bonds. The third kappa shape index (κ3) is 5.51. The predicted octanol–water partition coefficient (Wildman–Crippen LogP) is 2.37. The fourth-order valence-electron chi connectivity index (χ4n) is 2.09. The third-order valence-electron chi connectivity index (χ3n) is 3.27. The molecule has 0 saturated carbocycles. The van der Waals surface area contributed by atoms with Gasteiger partial charge in [-0.1, -0.05) is 12.1 Å². The lowest BCUT2D eigenvalue weighted by Gasteiger charge is -2.16. The molecule has 0 radical (unpaired) electrons. The van der Waals surface area contributed by atoms with E-state index in [0.29, 0.717) is 22.6 Å². The second-order valence-electron chi connectivity index (χ2n) is 5.46. The summed E-state index contributed by atoms with van der Waals surface area (Å²) in [4.78, 5) is 12.3. The maximum atomic E-state index is 12.3. The Morgan fingerprint density at radius 1 is 1.08 bits per heavy atom. The van der Waals surface area contributed by atoms with Gasteiger partial charge in [-0.15, -0.1) is 0 Å². The van der Waals surface area contributed by atoms with Crippen molar-refractivity contribution < 1.29 is 13.2 Å². The molecule has 1 atom stereocenters. The van der Waals surface area contributed by atoms with Crippen LogP contribution in [0.4, 0.5) is 17.1 Å². The van der Waals surface area contributed by atoms with Gasteiger partial charge < -0.3 is 10.6 Å². The van der Waals surface area contributed by atoms with Gasteiger partial charge in [0.25, 0.3) is 0 Å². The van der Waals surface area contributed by atoms with Crippen LogP contribution in [0.2, 0.25) is 0 Å². The van der Waals surface area contributed by atoms with Gasteiger partial charge in [0.05, 0.1) is 17.5 Å².